The van der Waals surface area contributed by atoms with E-state index in [1.807, 2.05) is 6.07 Å². The van der Waals surface area contributed by atoms with E-state index in [0.717, 1.165) is 10.2 Å². The maximum absolute atomic E-state index is 12.2. The predicted octanol–water partition coefficient (Wildman–Crippen LogP) is 2.26. The van der Waals surface area contributed by atoms with Crippen LogP contribution < -0.4 is 15.6 Å². The van der Waals surface area contributed by atoms with Crippen LogP contribution in [0.2, 0.25) is 0 Å². The molecule has 0 saturated heterocycles. The van der Waals surface area contributed by atoms with E-state index < -0.39 is 17.9 Å². The largest absolute Gasteiger partial charge is 0.481 e. The monoisotopic (exact) mass is 429 g/mol. The average Bonchev–Trinajstić information content (AvgIpc) is 3.20. The molecule has 9 heteroatoms. The first-order valence-electron chi connectivity index (χ1n) is 8.00. The fourth-order valence-electron chi connectivity index (χ4n) is 2.20. The number of amides is 2. The lowest BCUT2D eigenvalue weighted by Gasteiger charge is -2.15. The molecule has 8 nitrogen and oxygen atoms in total. The summed E-state index contributed by atoms with van der Waals surface area (Å²) in [6.07, 6.45) is 2.20. The van der Waals surface area contributed by atoms with Gasteiger partial charge in [0.1, 0.15) is 18.4 Å². The van der Waals surface area contributed by atoms with Crippen LogP contribution in [0.5, 0.6) is 5.75 Å². The Hall–Kier alpha value is -3.20. The summed E-state index contributed by atoms with van der Waals surface area (Å²) in [6, 6.07) is 13.8. The summed E-state index contributed by atoms with van der Waals surface area (Å²) >= 11 is 3.34. The van der Waals surface area contributed by atoms with Gasteiger partial charge in [-0.25, -0.2) is 9.67 Å². The molecular weight excluding hydrogens is 414 g/mol. The molecule has 0 aliphatic rings. The Bertz CT molecular complexity index is 928. The zero-order valence-electron chi connectivity index (χ0n) is 14.3. The topological polar surface area (TPSA) is 98.1 Å². The summed E-state index contributed by atoms with van der Waals surface area (Å²) in [5.74, 6) is -0.368. The molecule has 0 bridgehead atoms. The third-order valence-corrected chi connectivity index (χ3v) is 4.08. The maximum Gasteiger partial charge on any atom is 0.279 e. The Morgan fingerprint density at radius 2 is 1.93 bits per heavy atom. The van der Waals surface area contributed by atoms with E-state index in [1.165, 1.54) is 6.33 Å². The van der Waals surface area contributed by atoms with Gasteiger partial charge >= 0.3 is 0 Å². The lowest BCUT2D eigenvalue weighted by Crippen LogP contribution is -2.47. The van der Waals surface area contributed by atoms with Crippen LogP contribution >= 0.6 is 15.9 Å². The second-order valence-corrected chi connectivity index (χ2v) is 6.46. The van der Waals surface area contributed by atoms with Crippen LogP contribution in [0.3, 0.4) is 0 Å². The number of carbonyl (C=O) groups is 2. The summed E-state index contributed by atoms with van der Waals surface area (Å²) in [5, 5.41) is 4.01. The van der Waals surface area contributed by atoms with Gasteiger partial charge in [0, 0.05) is 10.0 Å². The van der Waals surface area contributed by atoms with Crippen molar-refractivity contribution in [3.63, 3.8) is 0 Å². The van der Waals surface area contributed by atoms with Crippen LogP contribution in [-0.2, 0) is 4.79 Å². The van der Waals surface area contributed by atoms with Crippen molar-refractivity contribution < 1.29 is 14.3 Å². The van der Waals surface area contributed by atoms with E-state index in [1.54, 1.807) is 60.4 Å². The molecule has 2 aromatic carbocycles. The Morgan fingerprint density at radius 1 is 1.15 bits per heavy atom. The lowest BCUT2D eigenvalue weighted by molar-refractivity contribution is -0.128. The van der Waals surface area contributed by atoms with Crippen LogP contribution in [0.25, 0.3) is 5.69 Å². The normalized spacial score (nSPS) is 11.5. The van der Waals surface area contributed by atoms with Crippen LogP contribution in [0.15, 0.2) is 65.7 Å². The molecule has 0 radical (unpaired) electrons. The van der Waals surface area contributed by atoms with E-state index >= 15 is 0 Å². The van der Waals surface area contributed by atoms with E-state index in [0.29, 0.717) is 11.3 Å². The summed E-state index contributed by atoms with van der Waals surface area (Å²) < 4.78 is 7.96. The molecular formula is C18H16BrN5O3. The smallest absolute Gasteiger partial charge is 0.279 e. The highest BCUT2D eigenvalue weighted by atomic mass is 79.9. The summed E-state index contributed by atoms with van der Waals surface area (Å²) in [5.41, 5.74) is 5.88. The molecule has 27 heavy (non-hydrogen) atoms. The lowest BCUT2D eigenvalue weighted by atomic mass is 10.2. The number of nitrogens with zero attached hydrogens (tertiary/aromatic N) is 3. The number of hydrogen-bond donors (Lipinski definition) is 2. The van der Waals surface area contributed by atoms with E-state index in [2.05, 4.69) is 36.9 Å². The molecule has 2 amide bonds. The van der Waals surface area contributed by atoms with Crippen molar-refractivity contribution >= 4 is 27.7 Å². The van der Waals surface area contributed by atoms with Gasteiger partial charge in [-0.3, -0.25) is 20.4 Å². The van der Waals surface area contributed by atoms with Crippen molar-refractivity contribution in [2.24, 2.45) is 0 Å². The number of rotatable bonds is 5. The van der Waals surface area contributed by atoms with Crippen molar-refractivity contribution in [3.05, 3.63) is 71.2 Å². The predicted molar refractivity (Wildman–Crippen MR) is 101 cm³/mol. The van der Waals surface area contributed by atoms with Crippen LogP contribution in [0.1, 0.15) is 17.3 Å². The zero-order valence-corrected chi connectivity index (χ0v) is 15.9. The molecule has 0 unspecified atom stereocenters. The molecule has 1 atom stereocenters. The summed E-state index contributed by atoms with van der Waals surface area (Å²) in [4.78, 5) is 28.1. The minimum absolute atomic E-state index is 0.389. The number of hydrogen-bond acceptors (Lipinski definition) is 5. The molecule has 0 spiro atoms. The van der Waals surface area contributed by atoms with Crippen molar-refractivity contribution in [1.29, 1.82) is 0 Å². The van der Waals surface area contributed by atoms with Gasteiger partial charge in [0.05, 0.1) is 5.69 Å². The zero-order chi connectivity index (χ0) is 19.2. The molecule has 138 valence electrons. The molecule has 0 saturated carbocycles. The molecule has 3 rings (SSSR count). The first-order chi connectivity index (χ1) is 13.0. The van der Waals surface area contributed by atoms with Crippen LogP contribution in [0, 0.1) is 0 Å². The number of halogens is 1. The van der Waals surface area contributed by atoms with Crippen LogP contribution in [-0.4, -0.2) is 32.7 Å². The maximum atomic E-state index is 12.2. The average molecular weight is 430 g/mol. The minimum Gasteiger partial charge on any atom is -0.481 e. The van der Waals surface area contributed by atoms with Gasteiger partial charge in [-0.1, -0.05) is 22.0 Å². The standard InChI is InChI=1S/C18H16BrN5O3/c1-12(27-16-4-2-3-14(19)9-16)17(25)22-23-18(26)13-5-7-15(8-6-13)24-11-20-10-21-24/h2-12H,1H3,(H,22,25)(H,23,26)/t12-/m1/s1. The fraction of sp³-hybridized carbons (Fsp3) is 0.111. The third kappa shape index (κ3) is 4.91. The number of ether oxygens (including phenoxy) is 1. The number of carbonyl (C=O) groups excluding carboxylic acids is 2. The van der Waals surface area contributed by atoms with Crippen molar-refractivity contribution in [3.8, 4) is 11.4 Å². The van der Waals surface area contributed by atoms with E-state index in [-0.39, 0.29) is 0 Å². The minimum atomic E-state index is -0.783. The Morgan fingerprint density at radius 3 is 2.59 bits per heavy atom. The van der Waals surface area contributed by atoms with Gasteiger partial charge in [0.2, 0.25) is 0 Å². The van der Waals surface area contributed by atoms with Gasteiger partial charge in [0.15, 0.2) is 6.10 Å². The van der Waals surface area contributed by atoms with Gasteiger partial charge in [-0.05, 0) is 49.4 Å². The molecule has 1 heterocycles. The fourth-order valence-corrected chi connectivity index (χ4v) is 2.58. The quantitative estimate of drug-likeness (QED) is 0.606. The second-order valence-electron chi connectivity index (χ2n) is 5.55. The first-order valence-corrected chi connectivity index (χ1v) is 8.80. The molecule has 0 aliphatic heterocycles. The third-order valence-electron chi connectivity index (χ3n) is 3.59. The summed E-state index contributed by atoms with van der Waals surface area (Å²) in [6.45, 7) is 1.59. The van der Waals surface area contributed by atoms with Gasteiger partial charge in [-0.2, -0.15) is 5.10 Å². The van der Waals surface area contributed by atoms with Crippen molar-refractivity contribution in [2.45, 2.75) is 13.0 Å². The molecule has 0 aliphatic carbocycles. The van der Waals surface area contributed by atoms with E-state index in [9.17, 15) is 9.59 Å². The second kappa shape index (κ2) is 8.45. The van der Waals surface area contributed by atoms with E-state index in [4.69, 9.17) is 4.74 Å². The highest BCUT2D eigenvalue weighted by Crippen LogP contribution is 2.18. The van der Waals surface area contributed by atoms with Crippen molar-refractivity contribution in [1.82, 2.24) is 25.6 Å². The highest BCUT2D eigenvalue weighted by Gasteiger charge is 2.16. The first kappa shape index (κ1) is 18.6. The highest BCUT2D eigenvalue weighted by molar-refractivity contribution is 9.10. The Kier molecular flexibility index (Phi) is 5.82. The molecule has 1 aromatic heterocycles. The Balaban J connectivity index is 1.52. The molecule has 2 N–H and O–H groups in total. The SMILES string of the molecule is C[C@@H](Oc1cccc(Br)c1)C(=O)NNC(=O)c1ccc(-n2cncn2)cc1. The van der Waals surface area contributed by atoms with Crippen molar-refractivity contribution in [2.75, 3.05) is 0 Å². The van der Waals surface area contributed by atoms with Gasteiger partial charge in [0.25, 0.3) is 11.8 Å². The van der Waals surface area contributed by atoms with Crippen LogP contribution in [0.4, 0.5) is 0 Å². The number of hydrazine groups is 1. The number of nitrogens with one attached hydrogen (secondary N) is 2. The Labute approximate surface area is 163 Å². The number of benzene rings is 2. The van der Waals surface area contributed by atoms with Gasteiger partial charge < -0.3 is 4.74 Å². The number of aromatic nitrogens is 3. The molecule has 0 fully saturated rings. The summed E-state index contributed by atoms with van der Waals surface area (Å²) in [7, 11) is 0. The van der Waals surface area contributed by atoms with Gasteiger partial charge in [-0.15, -0.1) is 0 Å². The molecule has 3 aromatic rings.